The summed E-state index contributed by atoms with van der Waals surface area (Å²) in [6, 6.07) is 8.83. The lowest BCUT2D eigenvalue weighted by Crippen LogP contribution is -2.25. The van der Waals surface area contributed by atoms with Gasteiger partial charge in [-0.05, 0) is 41.5 Å². The molecule has 110 valence electrons. The number of pyridine rings is 1. The van der Waals surface area contributed by atoms with Gasteiger partial charge in [-0.25, -0.2) is 0 Å². The van der Waals surface area contributed by atoms with Crippen molar-refractivity contribution < 1.29 is 9.59 Å². The zero-order valence-electron chi connectivity index (χ0n) is 12.0. The van der Waals surface area contributed by atoms with Crippen molar-refractivity contribution in [3.05, 3.63) is 72.1 Å². The molecular formula is C17H15N3O2. The number of rotatable bonds is 3. The monoisotopic (exact) mass is 293 g/mol. The minimum Gasteiger partial charge on any atom is -0.330 e. The highest BCUT2D eigenvalue weighted by Gasteiger charge is 2.24. The fourth-order valence-electron chi connectivity index (χ4n) is 2.47. The first-order chi connectivity index (χ1) is 10.7. The summed E-state index contributed by atoms with van der Waals surface area (Å²) in [7, 11) is 0. The SMILES string of the molecule is C=CC(=O)Nc1cccc(C(=O)N2Cc3ccncc3C2)c1. The van der Waals surface area contributed by atoms with Gasteiger partial charge in [0.1, 0.15) is 0 Å². The Morgan fingerprint density at radius 1 is 1.23 bits per heavy atom. The van der Waals surface area contributed by atoms with Crippen LogP contribution in [-0.2, 0) is 17.9 Å². The van der Waals surface area contributed by atoms with Gasteiger partial charge in [0.2, 0.25) is 5.91 Å². The quantitative estimate of drug-likeness (QED) is 0.884. The van der Waals surface area contributed by atoms with E-state index in [-0.39, 0.29) is 11.8 Å². The largest absolute Gasteiger partial charge is 0.330 e. The molecule has 1 aliphatic heterocycles. The van der Waals surface area contributed by atoms with Crippen LogP contribution in [0.5, 0.6) is 0 Å². The molecule has 0 fully saturated rings. The molecule has 2 aromatic rings. The zero-order chi connectivity index (χ0) is 15.5. The van der Waals surface area contributed by atoms with Gasteiger partial charge in [0.25, 0.3) is 5.91 Å². The summed E-state index contributed by atoms with van der Waals surface area (Å²) >= 11 is 0. The summed E-state index contributed by atoms with van der Waals surface area (Å²) in [6.07, 6.45) is 4.72. The molecule has 3 rings (SSSR count). The van der Waals surface area contributed by atoms with Crippen molar-refractivity contribution in [3.63, 3.8) is 0 Å². The highest BCUT2D eigenvalue weighted by atomic mass is 16.2. The van der Waals surface area contributed by atoms with Gasteiger partial charge in [0.05, 0.1) is 0 Å². The average molecular weight is 293 g/mol. The number of hydrogen-bond donors (Lipinski definition) is 1. The van der Waals surface area contributed by atoms with Crippen LogP contribution < -0.4 is 5.32 Å². The molecule has 1 aliphatic rings. The predicted molar refractivity (Wildman–Crippen MR) is 83.1 cm³/mol. The first kappa shape index (κ1) is 14.0. The third kappa shape index (κ3) is 2.74. The highest BCUT2D eigenvalue weighted by Crippen LogP contribution is 2.24. The Bertz CT molecular complexity index is 730. The Morgan fingerprint density at radius 2 is 2.05 bits per heavy atom. The third-order valence-corrected chi connectivity index (χ3v) is 3.58. The number of carbonyl (C=O) groups is 2. The molecule has 0 saturated carbocycles. The lowest BCUT2D eigenvalue weighted by atomic mass is 10.1. The molecule has 22 heavy (non-hydrogen) atoms. The van der Waals surface area contributed by atoms with E-state index in [1.807, 2.05) is 6.07 Å². The topological polar surface area (TPSA) is 62.3 Å². The van der Waals surface area contributed by atoms with Crippen LogP contribution in [0.4, 0.5) is 5.69 Å². The van der Waals surface area contributed by atoms with Crippen LogP contribution in [-0.4, -0.2) is 21.7 Å². The van der Waals surface area contributed by atoms with Crippen molar-refractivity contribution in [2.24, 2.45) is 0 Å². The molecule has 0 unspecified atom stereocenters. The van der Waals surface area contributed by atoms with Crippen molar-refractivity contribution in [1.29, 1.82) is 0 Å². The lowest BCUT2D eigenvalue weighted by Gasteiger charge is -2.16. The summed E-state index contributed by atoms with van der Waals surface area (Å²) in [5.74, 6) is -0.366. The number of fused-ring (bicyclic) bond motifs is 1. The second kappa shape index (κ2) is 5.81. The standard InChI is InChI=1S/C17H15N3O2/c1-2-16(21)19-15-5-3-4-12(8-15)17(22)20-10-13-6-7-18-9-14(13)11-20/h2-9H,1,10-11H2,(H,19,21). The Kier molecular flexibility index (Phi) is 3.70. The number of amides is 2. The molecule has 2 heterocycles. The van der Waals surface area contributed by atoms with E-state index in [0.717, 1.165) is 11.1 Å². The van der Waals surface area contributed by atoms with E-state index >= 15 is 0 Å². The molecule has 5 heteroatoms. The van der Waals surface area contributed by atoms with Gasteiger partial charge in [-0.1, -0.05) is 12.6 Å². The summed E-state index contributed by atoms with van der Waals surface area (Å²) < 4.78 is 0. The van der Waals surface area contributed by atoms with Gasteiger partial charge < -0.3 is 10.2 Å². The van der Waals surface area contributed by atoms with Crippen molar-refractivity contribution in [2.45, 2.75) is 13.1 Å². The summed E-state index contributed by atoms with van der Waals surface area (Å²) in [6.45, 7) is 4.55. The molecule has 1 aromatic heterocycles. The fraction of sp³-hybridized carbons (Fsp3) is 0.118. The first-order valence-corrected chi connectivity index (χ1v) is 6.92. The molecule has 0 bridgehead atoms. The van der Waals surface area contributed by atoms with Crippen molar-refractivity contribution >= 4 is 17.5 Å². The summed E-state index contributed by atoms with van der Waals surface area (Å²) in [4.78, 5) is 29.8. The molecule has 0 aliphatic carbocycles. The van der Waals surface area contributed by atoms with Crippen LogP contribution in [0, 0.1) is 0 Å². The lowest BCUT2D eigenvalue weighted by molar-refractivity contribution is -0.111. The van der Waals surface area contributed by atoms with E-state index in [9.17, 15) is 9.59 Å². The minimum absolute atomic E-state index is 0.0640. The second-order valence-electron chi connectivity index (χ2n) is 5.08. The van der Waals surface area contributed by atoms with Gasteiger partial charge in [-0.3, -0.25) is 14.6 Å². The number of hydrogen-bond acceptors (Lipinski definition) is 3. The highest BCUT2D eigenvalue weighted by molar-refractivity contribution is 6.00. The Labute approximate surface area is 128 Å². The second-order valence-corrected chi connectivity index (χ2v) is 5.08. The predicted octanol–water partition coefficient (Wildman–Crippen LogP) is 2.36. The Balaban J connectivity index is 1.78. The van der Waals surface area contributed by atoms with Crippen LogP contribution in [0.25, 0.3) is 0 Å². The molecule has 1 aromatic carbocycles. The van der Waals surface area contributed by atoms with E-state index in [2.05, 4.69) is 16.9 Å². The van der Waals surface area contributed by atoms with Crippen LogP contribution in [0.15, 0.2) is 55.4 Å². The molecule has 1 N–H and O–H groups in total. The molecule has 0 radical (unpaired) electrons. The van der Waals surface area contributed by atoms with Crippen molar-refractivity contribution in [2.75, 3.05) is 5.32 Å². The summed E-state index contributed by atoms with van der Waals surface area (Å²) in [5.41, 5.74) is 3.32. The van der Waals surface area contributed by atoms with Gasteiger partial charge in [0, 0.05) is 36.7 Å². The van der Waals surface area contributed by atoms with Crippen LogP contribution in [0.3, 0.4) is 0 Å². The van der Waals surface area contributed by atoms with Gasteiger partial charge >= 0.3 is 0 Å². The van der Waals surface area contributed by atoms with Gasteiger partial charge in [-0.15, -0.1) is 0 Å². The van der Waals surface area contributed by atoms with E-state index in [1.165, 1.54) is 6.08 Å². The number of anilines is 1. The maximum atomic E-state index is 12.6. The molecule has 0 saturated heterocycles. The van der Waals surface area contributed by atoms with E-state index in [1.54, 1.807) is 41.6 Å². The molecular weight excluding hydrogens is 278 g/mol. The van der Waals surface area contributed by atoms with Gasteiger partial charge in [-0.2, -0.15) is 0 Å². The van der Waals surface area contributed by atoms with Crippen LogP contribution >= 0.6 is 0 Å². The van der Waals surface area contributed by atoms with E-state index in [4.69, 9.17) is 0 Å². The Hall–Kier alpha value is -2.95. The number of aromatic nitrogens is 1. The maximum Gasteiger partial charge on any atom is 0.254 e. The van der Waals surface area contributed by atoms with Crippen molar-refractivity contribution in [3.8, 4) is 0 Å². The van der Waals surface area contributed by atoms with Crippen LogP contribution in [0.2, 0.25) is 0 Å². The van der Waals surface area contributed by atoms with Crippen LogP contribution in [0.1, 0.15) is 21.5 Å². The summed E-state index contributed by atoms with van der Waals surface area (Å²) in [5, 5.41) is 2.66. The number of carbonyl (C=O) groups excluding carboxylic acids is 2. The maximum absolute atomic E-state index is 12.6. The smallest absolute Gasteiger partial charge is 0.254 e. The number of benzene rings is 1. The molecule has 0 spiro atoms. The molecule has 0 atom stereocenters. The van der Waals surface area contributed by atoms with Crippen molar-refractivity contribution in [1.82, 2.24) is 9.88 Å². The molecule has 2 amide bonds. The van der Waals surface area contributed by atoms with E-state index in [0.29, 0.717) is 24.3 Å². The fourth-order valence-corrected chi connectivity index (χ4v) is 2.47. The van der Waals surface area contributed by atoms with E-state index < -0.39 is 0 Å². The minimum atomic E-state index is -0.302. The molecule has 5 nitrogen and oxygen atoms in total. The number of nitrogens with one attached hydrogen (secondary N) is 1. The zero-order valence-corrected chi connectivity index (χ0v) is 12.0. The Morgan fingerprint density at radius 3 is 2.82 bits per heavy atom. The average Bonchev–Trinajstić information content (AvgIpc) is 2.98. The number of nitrogens with zero attached hydrogens (tertiary/aromatic N) is 2. The third-order valence-electron chi connectivity index (χ3n) is 3.58. The first-order valence-electron chi connectivity index (χ1n) is 6.92. The van der Waals surface area contributed by atoms with Gasteiger partial charge in [0.15, 0.2) is 0 Å². The normalized spacial score (nSPS) is 12.6.